The van der Waals surface area contributed by atoms with Crippen LogP contribution in [0.5, 0.6) is 0 Å². The largest absolute Gasteiger partial charge is 0.459 e. The first-order valence-electron chi connectivity index (χ1n) is 7.72. The molecule has 0 atom stereocenters. The molecule has 0 aliphatic heterocycles. The first-order valence-corrected chi connectivity index (χ1v) is 7.72. The molecule has 25 heavy (non-hydrogen) atoms. The van der Waals surface area contributed by atoms with Gasteiger partial charge < -0.3 is 15.1 Å². The Labute approximate surface area is 144 Å². The Morgan fingerprint density at radius 1 is 1.00 bits per heavy atom. The van der Waals surface area contributed by atoms with Gasteiger partial charge >= 0.3 is 0 Å². The van der Waals surface area contributed by atoms with Crippen molar-refractivity contribution in [1.82, 2.24) is 9.78 Å². The maximum Gasteiger partial charge on any atom is 0.291 e. The number of aromatic nitrogens is 2. The number of hydrogen-bond acceptors (Lipinski definition) is 4. The van der Waals surface area contributed by atoms with E-state index in [1.165, 1.54) is 6.26 Å². The van der Waals surface area contributed by atoms with Gasteiger partial charge in [0.15, 0.2) is 5.76 Å². The first-order chi connectivity index (χ1) is 12.0. The molecule has 7 heteroatoms. The van der Waals surface area contributed by atoms with Gasteiger partial charge in [-0.1, -0.05) is 0 Å². The number of rotatable bonds is 4. The molecule has 0 aliphatic rings. The average molecular weight is 338 g/mol. The zero-order chi connectivity index (χ0) is 18.0. The number of aryl methyl sites for hydroxylation is 2. The summed E-state index contributed by atoms with van der Waals surface area (Å²) >= 11 is 0. The van der Waals surface area contributed by atoms with Crippen LogP contribution in [0, 0.1) is 13.8 Å². The minimum absolute atomic E-state index is 0.213. The van der Waals surface area contributed by atoms with Gasteiger partial charge in [-0.15, -0.1) is 0 Å². The van der Waals surface area contributed by atoms with Crippen molar-refractivity contribution >= 4 is 23.2 Å². The van der Waals surface area contributed by atoms with E-state index in [1.807, 2.05) is 6.92 Å². The van der Waals surface area contributed by atoms with Crippen molar-refractivity contribution < 1.29 is 14.0 Å². The molecule has 7 nitrogen and oxygen atoms in total. The van der Waals surface area contributed by atoms with Crippen molar-refractivity contribution in [2.45, 2.75) is 13.8 Å². The molecule has 2 N–H and O–H groups in total. The second kappa shape index (κ2) is 6.64. The van der Waals surface area contributed by atoms with E-state index in [9.17, 15) is 9.59 Å². The van der Waals surface area contributed by atoms with Crippen LogP contribution in [0.15, 0.2) is 47.1 Å². The number of hydrogen-bond donors (Lipinski definition) is 2. The summed E-state index contributed by atoms with van der Waals surface area (Å²) in [4.78, 5) is 24.4. The van der Waals surface area contributed by atoms with E-state index >= 15 is 0 Å². The molecule has 2 amide bonds. The highest BCUT2D eigenvalue weighted by Gasteiger charge is 2.17. The Morgan fingerprint density at radius 2 is 1.60 bits per heavy atom. The number of nitrogens with one attached hydrogen (secondary N) is 2. The predicted octanol–water partition coefficient (Wildman–Crippen LogP) is 3.13. The lowest BCUT2D eigenvalue weighted by molar-refractivity contribution is 0.0994. The first kappa shape index (κ1) is 16.5. The smallest absolute Gasteiger partial charge is 0.291 e. The van der Waals surface area contributed by atoms with Crippen LogP contribution in [0.1, 0.15) is 32.3 Å². The molecular weight excluding hydrogens is 320 g/mol. The summed E-state index contributed by atoms with van der Waals surface area (Å²) in [6, 6.07) is 10.1. The van der Waals surface area contributed by atoms with Crippen LogP contribution in [0.2, 0.25) is 0 Å². The normalized spacial score (nSPS) is 10.5. The minimum Gasteiger partial charge on any atom is -0.459 e. The number of carbonyl (C=O) groups excluding carboxylic acids is 2. The molecule has 0 unspecified atom stereocenters. The molecule has 0 saturated heterocycles. The van der Waals surface area contributed by atoms with Crippen LogP contribution in [-0.4, -0.2) is 21.6 Å². The van der Waals surface area contributed by atoms with Crippen LogP contribution < -0.4 is 10.6 Å². The second-order valence-corrected chi connectivity index (χ2v) is 5.63. The third kappa shape index (κ3) is 3.45. The molecule has 0 bridgehead atoms. The lowest BCUT2D eigenvalue weighted by atomic mass is 10.1. The van der Waals surface area contributed by atoms with E-state index in [2.05, 4.69) is 15.7 Å². The van der Waals surface area contributed by atoms with Crippen LogP contribution >= 0.6 is 0 Å². The molecule has 0 fully saturated rings. The molecule has 0 spiro atoms. The van der Waals surface area contributed by atoms with Crippen LogP contribution in [0.25, 0.3) is 0 Å². The fourth-order valence-electron chi connectivity index (χ4n) is 2.53. The maximum absolute atomic E-state index is 12.4. The Hall–Kier alpha value is -3.35. The van der Waals surface area contributed by atoms with E-state index in [0.29, 0.717) is 22.6 Å². The van der Waals surface area contributed by atoms with Gasteiger partial charge in [0.2, 0.25) is 0 Å². The highest BCUT2D eigenvalue weighted by molar-refractivity contribution is 6.06. The highest BCUT2D eigenvalue weighted by atomic mass is 16.3. The third-order valence-electron chi connectivity index (χ3n) is 3.88. The van der Waals surface area contributed by atoms with Crippen LogP contribution in [-0.2, 0) is 7.05 Å². The molecule has 2 heterocycles. The number of amides is 2. The summed E-state index contributed by atoms with van der Waals surface area (Å²) in [5.74, 6) is -0.307. The summed E-state index contributed by atoms with van der Waals surface area (Å²) in [5, 5.41) is 9.80. The monoisotopic (exact) mass is 338 g/mol. The number of benzene rings is 1. The molecule has 1 aromatic carbocycles. The van der Waals surface area contributed by atoms with Crippen molar-refractivity contribution in [3.8, 4) is 0 Å². The van der Waals surface area contributed by atoms with E-state index in [1.54, 1.807) is 55.1 Å². The Balaban J connectivity index is 1.68. The summed E-state index contributed by atoms with van der Waals surface area (Å²) in [7, 11) is 1.80. The molecule has 2 aromatic heterocycles. The lowest BCUT2D eigenvalue weighted by Gasteiger charge is -2.08. The minimum atomic E-state index is -0.330. The number of furan rings is 1. The van der Waals surface area contributed by atoms with Crippen LogP contribution in [0.3, 0.4) is 0 Å². The number of carbonyl (C=O) groups is 2. The van der Waals surface area contributed by atoms with Gasteiger partial charge in [0.1, 0.15) is 0 Å². The SMILES string of the molecule is Cc1nn(C)c(C)c1C(=O)Nc1ccc(NC(=O)c2ccco2)cc1. The predicted molar refractivity (Wildman–Crippen MR) is 93.7 cm³/mol. The van der Waals surface area contributed by atoms with Gasteiger partial charge in [0, 0.05) is 24.1 Å². The van der Waals surface area contributed by atoms with Gasteiger partial charge in [0.05, 0.1) is 17.5 Å². The van der Waals surface area contributed by atoms with Gasteiger partial charge in [0.25, 0.3) is 11.8 Å². The van der Waals surface area contributed by atoms with E-state index in [-0.39, 0.29) is 17.6 Å². The second-order valence-electron chi connectivity index (χ2n) is 5.63. The zero-order valence-corrected chi connectivity index (χ0v) is 14.2. The summed E-state index contributed by atoms with van der Waals surface area (Å²) < 4.78 is 6.72. The fraction of sp³-hybridized carbons (Fsp3) is 0.167. The molecular formula is C18H18N4O3. The summed E-state index contributed by atoms with van der Waals surface area (Å²) in [5.41, 5.74) is 3.28. The lowest BCUT2D eigenvalue weighted by Crippen LogP contribution is -2.14. The molecule has 0 saturated carbocycles. The Kier molecular flexibility index (Phi) is 4.38. The molecule has 0 radical (unpaired) electrons. The fourth-order valence-corrected chi connectivity index (χ4v) is 2.53. The number of anilines is 2. The highest BCUT2D eigenvalue weighted by Crippen LogP contribution is 2.18. The number of nitrogens with zero attached hydrogens (tertiary/aromatic N) is 2. The molecule has 0 aliphatic carbocycles. The summed E-state index contributed by atoms with van der Waals surface area (Å²) in [6.45, 7) is 3.65. The third-order valence-corrected chi connectivity index (χ3v) is 3.88. The van der Waals surface area contributed by atoms with Gasteiger partial charge in [-0.3, -0.25) is 14.3 Å². The van der Waals surface area contributed by atoms with E-state index < -0.39 is 0 Å². The van der Waals surface area contributed by atoms with Gasteiger partial charge in [-0.2, -0.15) is 5.10 Å². The molecule has 3 aromatic rings. The average Bonchev–Trinajstić information content (AvgIpc) is 3.18. The standard InChI is InChI=1S/C18H18N4O3/c1-11-16(12(2)22(3)21-11)18(24)20-14-8-6-13(7-9-14)19-17(23)15-5-4-10-25-15/h4-10H,1-3H3,(H,19,23)(H,20,24). The molecule has 128 valence electrons. The van der Waals surface area contributed by atoms with Gasteiger partial charge in [-0.05, 0) is 50.2 Å². The maximum atomic E-state index is 12.4. The van der Waals surface area contributed by atoms with Gasteiger partial charge in [-0.25, -0.2) is 0 Å². The quantitative estimate of drug-likeness (QED) is 0.765. The van der Waals surface area contributed by atoms with Crippen molar-refractivity contribution in [1.29, 1.82) is 0 Å². The van der Waals surface area contributed by atoms with Crippen molar-refractivity contribution in [2.24, 2.45) is 7.05 Å². The van der Waals surface area contributed by atoms with Crippen molar-refractivity contribution in [3.05, 3.63) is 65.4 Å². The topological polar surface area (TPSA) is 89.2 Å². The van der Waals surface area contributed by atoms with Crippen LogP contribution in [0.4, 0.5) is 11.4 Å². The van der Waals surface area contributed by atoms with Crippen molar-refractivity contribution in [3.63, 3.8) is 0 Å². The Bertz CT molecular complexity index is 909. The summed E-state index contributed by atoms with van der Waals surface area (Å²) in [6.07, 6.45) is 1.44. The van der Waals surface area contributed by atoms with E-state index in [0.717, 1.165) is 5.69 Å². The van der Waals surface area contributed by atoms with Crippen molar-refractivity contribution in [2.75, 3.05) is 10.6 Å². The van der Waals surface area contributed by atoms with E-state index in [4.69, 9.17) is 4.42 Å². The zero-order valence-electron chi connectivity index (χ0n) is 14.2. The Morgan fingerprint density at radius 3 is 2.08 bits per heavy atom. The molecule has 3 rings (SSSR count).